The number of carbonyl (C=O) groups excluding carboxylic acids is 2. The minimum absolute atomic E-state index is 0.0390. The molecule has 158 valence electrons. The van der Waals surface area contributed by atoms with Crippen molar-refractivity contribution in [2.45, 2.75) is 57.1 Å². The number of amides is 3. The van der Waals surface area contributed by atoms with Crippen LogP contribution in [0.4, 0.5) is 19.3 Å². The van der Waals surface area contributed by atoms with Gasteiger partial charge >= 0.3 is 12.6 Å². The molecule has 4 aliphatic carbocycles. The summed E-state index contributed by atoms with van der Waals surface area (Å²) in [4.78, 5) is 24.5. The van der Waals surface area contributed by atoms with Crippen LogP contribution >= 0.6 is 0 Å². The van der Waals surface area contributed by atoms with E-state index in [2.05, 4.69) is 20.7 Å². The average Bonchev–Trinajstić information content (AvgIpc) is 2.61. The molecular formula is C21H27F2N3O3. The van der Waals surface area contributed by atoms with Crippen molar-refractivity contribution >= 4 is 17.6 Å². The van der Waals surface area contributed by atoms with E-state index in [1.807, 2.05) is 0 Å². The summed E-state index contributed by atoms with van der Waals surface area (Å²) in [5, 5.41) is 8.50. The number of rotatable bonds is 7. The van der Waals surface area contributed by atoms with Crippen molar-refractivity contribution in [1.82, 2.24) is 10.6 Å². The lowest BCUT2D eigenvalue weighted by Crippen LogP contribution is -2.61. The summed E-state index contributed by atoms with van der Waals surface area (Å²) in [6, 6.07) is 5.78. The second-order valence-electron chi connectivity index (χ2n) is 8.75. The zero-order valence-electron chi connectivity index (χ0n) is 16.3. The minimum atomic E-state index is -2.97. The normalized spacial score (nSPS) is 29.6. The quantitative estimate of drug-likeness (QED) is 0.642. The number of alkyl halides is 2. The second kappa shape index (κ2) is 8.16. The zero-order chi connectivity index (χ0) is 20.4. The van der Waals surface area contributed by atoms with E-state index in [4.69, 9.17) is 0 Å². The van der Waals surface area contributed by atoms with Gasteiger partial charge in [-0.25, -0.2) is 4.79 Å². The molecule has 8 heteroatoms. The molecule has 29 heavy (non-hydrogen) atoms. The Morgan fingerprint density at radius 1 is 1.07 bits per heavy atom. The Kier molecular flexibility index (Phi) is 5.61. The number of anilines is 1. The molecule has 4 saturated carbocycles. The van der Waals surface area contributed by atoms with Crippen LogP contribution in [0.1, 0.15) is 44.9 Å². The maximum atomic E-state index is 12.4. The molecule has 5 rings (SSSR count). The van der Waals surface area contributed by atoms with E-state index in [1.165, 1.54) is 31.4 Å². The van der Waals surface area contributed by atoms with Gasteiger partial charge in [0.1, 0.15) is 5.75 Å². The highest BCUT2D eigenvalue weighted by atomic mass is 19.3. The molecule has 0 unspecified atom stereocenters. The highest BCUT2D eigenvalue weighted by Crippen LogP contribution is 2.55. The van der Waals surface area contributed by atoms with Crippen molar-refractivity contribution in [2.24, 2.45) is 17.8 Å². The molecule has 0 saturated heterocycles. The number of ether oxygens (including phenoxy) is 1. The summed E-state index contributed by atoms with van der Waals surface area (Å²) in [5.74, 6) is 1.74. The summed E-state index contributed by atoms with van der Waals surface area (Å²) >= 11 is 0. The largest absolute Gasteiger partial charge is 0.433 e. The molecule has 4 fully saturated rings. The summed E-state index contributed by atoms with van der Waals surface area (Å²) in [7, 11) is 0. The van der Waals surface area contributed by atoms with Crippen molar-refractivity contribution in [2.75, 3.05) is 11.9 Å². The van der Waals surface area contributed by atoms with Crippen LogP contribution in [0.25, 0.3) is 0 Å². The van der Waals surface area contributed by atoms with Crippen LogP contribution in [0, 0.1) is 17.8 Å². The number of para-hydroxylation sites is 2. The molecule has 0 aromatic heterocycles. The molecule has 0 atom stereocenters. The van der Waals surface area contributed by atoms with Crippen molar-refractivity contribution in [3.63, 3.8) is 0 Å². The van der Waals surface area contributed by atoms with E-state index in [1.54, 1.807) is 12.1 Å². The van der Waals surface area contributed by atoms with Crippen LogP contribution in [0.3, 0.4) is 0 Å². The first-order valence-electron chi connectivity index (χ1n) is 10.3. The fourth-order valence-electron chi connectivity index (χ4n) is 5.82. The molecule has 0 radical (unpaired) electrons. The molecular weight excluding hydrogens is 380 g/mol. The van der Waals surface area contributed by atoms with Gasteiger partial charge in [-0.1, -0.05) is 12.1 Å². The Bertz CT molecular complexity index is 736. The van der Waals surface area contributed by atoms with Crippen molar-refractivity contribution in [1.29, 1.82) is 0 Å². The SMILES string of the molecule is O=C(CCNC(=O)NC12CC3CC(CC(C3)C1)C2)Nc1ccccc1OC(F)F. The summed E-state index contributed by atoms with van der Waals surface area (Å²) in [6.45, 7) is -2.80. The van der Waals surface area contributed by atoms with Crippen LogP contribution in [0.2, 0.25) is 0 Å². The van der Waals surface area contributed by atoms with Crippen LogP contribution < -0.4 is 20.7 Å². The third-order valence-corrected chi connectivity index (χ3v) is 6.43. The molecule has 1 aromatic carbocycles. The van der Waals surface area contributed by atoms with Gasteiger partial charge in [0.05, 0.1) is 5.69 Å². The maximum absolute atomic E-state index is 12.4. The first-order chi connectivity index (χ1) is 13.9. The number of hydrogen-bond donors (Lipinski definition) is 3. The highest BCUT2D eigenvalue weighted by Gasteiger charge is 2.51. The zero-order valence-corrected chi connectivity index (χ0v) is 16.3. The van der Waals surface area contributed by atoms with Crippen LogP contribution in [0.15, 0.2) is 24.3 Å². The molecule has 4 aliphatic rings. The number of urea groups is 1. The third-order valence-electron chi connectivity index (χ3n) is 6.43. The lowest BCUT2D eigenvalue weighted by atomic mass is 9.53. The molecule has 0 spiro atoms. The second-order valence-corrected chi connectivity index (χ2v) is 8.75. The van der Waals surface area contributed by atoms with Gasteiger partial charge in [0.15, 0.2) is 0 Å². The van der Waals surface area contributed by atoms with Gasteiger partial charge in [-0.15, -0.1) is 0 Å². The summed E-state index contributed by atoms with van der Waals surface area (Å²) in [5.41, 5.74) is 0.0999. The van der Waals surface area contributed by atoms with Crippen molar-refractivity contribution < 1.29 is 23.1 Å². The molecule has 3 amide bonds. The average molecular weight is 407 g/mol. The van der Waals surface area contributed by atoms with E-state index < -0.39 is 6.61 Å². The van der Waals surface area contributed by atoms with E-state index >= 15 is 0 Å². The van der Waals surface area contributed by atoms with Gasteiger partial charge in [-0.2, -0.15) is 8.78 Å². The van der Waals surface area contributed by atoms with Gasteiger partial charge in [0.25, 0.3) is 0 Å². The Balaban J connectivity index is 1.22. The lowest BCUT2D eigenvalue weighted by Gasteiger charge is -2.56. The molecule has 4 bridgehead atoms. The van der Waals surface area contributed by atoms with Crippen LogP contribution in [-0.2, 0) is 4.79 Å². The van der Waals surface area contributed by atoms with E-state index in [0.717, 1.165) is 37.0 Å². The van der Waals surface area contributed by atoms with Gasteiger partial charge in [-0.3, -0.25) is 4.79 Å². The Morgan fingerprint density at radius 2 is 1.69 bits per heavy atom. The Hall–Kier alpha value is -2.38. The Morgan fingerprint density at radius 3 is 2.31 bits per heavy atom. The van der Waals surface area contributed by atoms with Gasteiger partial charge in [0, 0.05) is 18.5 Å². The van der Waals surface area contributed by atoms with Crippen molar-refractivity contribution in [3.8, 4) is 5.75 Å². The van der Waals surface area contributed by atoms with Crippen molar-refractivity contribution in [3.05, 3.63) is 24.3 Å². The third kappa shape index (κ3) is 4.79. The van der Waals surface area contributed by atoms with Gasteiger partial charge in [-0.05, 0) is 68.4 Å². The fourth-order valence-corrected chi connectivity index (χ4v) is 5.82. The highest BCUT2D eigenvalue weighted by molar-refractivity contribution is 5.92. The molecule has 0 heterocycles. The number of hydrogen-bond acceptors (Lipinski definition) is 3. The first-order valence-corrected chi connectivity index (χ1v) is 10.3. The van der Waals surface area contributed by atoms with E-state index in [0.29, 0.717) is 0 Å². The van der Waals surface area contributed by atoms with Crippen LogP contribution in [0.5, 0.6) is 5.75 Å². The molecule has 1 aromatic rings. The fraction of sp³-hybridized carbons (Fsp3) is 0.619. The topological polar surface area (TPSA) is 79.5 Å². The number of halogens is 2. The number of benzene rings is 1. The Labute approximate surface area is 168 Å². The first kappa shape index (κ1) is 19.9. The van der Waals surface area contributed by atoms with Gasteiger partial charge < -0.3 is 20.7 Å². The minimum Gasteiger partial charge on any atom is -0.433 e. The van der Waals surface area contributed by atoms with E-state index in [-0.39, 0.29) is 41.9 Å². The summed E-state index contributed by atoms with van der Waals surface area (Å²) < 4.78 is 29.3. The molecule has 3 N–H and O–H groups in total. The van der Waals surface area contributed by atoms with E-state index in [9.17, 15) is 18.4 Å². The monoisotopic (exact) mass is 407 g/mol. The predicted octanol–water partition coefficient (Wildman–Crippen LogP) is 3.88. The predicted molar refractivity (Wildman–Crippen MR) is 104 cm³/mol. The maximum Gasteiger partial charge on any atom is 0.387 e. The van der Waals surface area contributed by atoms with Crippen LogP contribution in [-0.4, -0.2) is 30.6 Å². The lowest BCUT2D eigenvalue weighted by molar-refractivity contribution is -0.116. The summed E-state index contributed by atoms with van der Waals surface area (Å²) in [6.07, 6.45) is 7.14. The smallest absolute Gasteiger partial charge is 0.387 e. The standard InChI is InChI=1S/C21H27F2N3O3/c22-19(23)29-17-4-2-1-3-16(17)25-18(27)5-6-24-20(28)26-21-10-13-7-14(11-21)9-15(8-13)12-21/h1-4,13-15,19H,5-12H2,(H,25,27)(H2,24,26,28). The number of carbonyl (C=O) groups is 2. The van der Waals surface area contributed by atoms with Gasteiger partial charge in [0.2, 0.25) is 5.91 Å². The molecule has 0 aliphatic heterocycles. The number of nitrogens with one attached hydrogen (secondary N) is 3. The molecule has 6 nitrogen and oxygen atoms in total.